The average molecular weight is 761 g/mol. The van der Waals surface area contributed by atoms with Gasteiger partial charge in [-0.2, -0.15) is 0 Å². The van der Waals surface area contributed by atoms with Crippen LogP contribution in [-0.4, -0.2) is 59.0 Å². The zero-order chi connectivity index (χ0) is 38.4. The second-order valence-electron chi connectivity index (χ2n) is 15.1. The van der Waals surface area contributed by atoms with Crippen LogP contribution in [0.1, 0.15) is 213 Å². The number of aliphatic hydroxyl groups excluding tert-OH is 2. The summed E-state index contributed by atoms with van der Waals surface area (Å²) in [4.78, 5) is 22.7. The number of nitrogens with two attached hydrogens (primary N) is 1. The SMILES string of the molecule is CCCCCCCCCCC/C=C/C(O)C(COP(=O)(O)OCCN)NC(=O)CC(O)CCCCCCCCCCCCCCCCCCCCC. The number of carbonyl (C=O) groups excluding carboxylic acids is 1. The molecule has 310 valence electrons. The number of hydrogen-bond donors (Lipinski definition) is 5. The maximum atomic E-state index is 12.8. The summed E-state index contributed by atoms with van der Waals surface area (Å²) in [6.45, 7) is 3.97. The van der Waals surface area contributed by atoms with Crippen molar-refractivity contribution in [2.24, 2.45) is 5.73 Å². The molecule has 0 heterocycles. The fraction of sp³-hybridized carbons (Fsp3) is 0.929. The quantitative estimate of drug-likeness (QED) is 0.0235. The number of aliphatic hydroxyl groups is 2. The zero-order valence-electron chi connectivity index (χ0n) is 33.9. The van der Waals surface area contributed by atoms with Crippen LogP contribution in [0.15, 0.2) is 12.2 Å². The lowest BCUT2D eigenvalue weighted by Gasteiger charge is -2.24. The fourth-order valence-electron chi connectivity index (χ4n) is 6.59. The first-order chi connectivity index (χ1) is 25.3. The van der Waals surface area contributed by atoms with Crippen LogP contribution in [0.4, 0.5) is 0 Å². The molecule has 0 aliphatic heterocycles. The Morgan fingerprint density at radius 1 is 0.654 bits per heavy atom. The highest BCUT2D eigenvalue weighted by molar-refractivity contribution is 7.47. The van der Waals surface area contributed by atoms with Crippen LogP contribution >= 0.6 is 7.82 Å². The van der Waals surface area contributed by atoms with E-state index in [0.29, 0.717) is 6.42 Å². The van der Waals surface area contributed by atoms with Gasteiger partial charge in [-0.25, -0.2) is 4.57 Å². The average Bonchev–Trinajstić information content (AvgIpc) is 3.12. The van der Waals surface area contributed by atoms with E-state index in [9.17, 15) is 24.5 Å². The molecule has 10 heteroatoms. The first kappa shape index (κ1) is 51.2. The number of rotatable bonds is 41. The first-order valence-corrected chi connectivity index (χ1v) is 23.4. The number of allylic oxidation sites excluding steroid dienone is 1. The van der Waals surface area contributed by atoms with Crippen LogP contribution in [0.25, 0.3) is 0 Å². The van der Waals surface area contributed by atoms with E-state index >= 15 is 0 Å². The standard InChI is InChI=1S/C42H85N2O7P/c1-3-5-7-9-11-13-15-16-17-18-19-20-21-22-24-25-27-29-31-33-39(45)37-42(47)44-40(38-51-52(48,49)50-36-35-43)41(46)34-32-30-28-26-23-14-12-10-8-6-4-2/h32,34,39-41,45-46H,3-31,33,35-38,43H2,1-2H3,(H,44,47)(H,48,49)/b34-32+. The van der Waals surface area contributed by atoms with Gasteiger partial charge in [-0.05, 0) is 19.3 Å². The Hall–Kier alpha value is -0.800. The maximum absolute atomic E-state index is 12.8. The Bertz CT molecular complexity index is 847. The van der Waals surface area contributed by atoms with Gasteiger partial charge in [-0.3, -0.25) is 13.8 Å². The van der Waals surface area contributed by atoms with E-state index < -0.39 is 38.6 Å². The predicted octanol–water partition coefficient (Wildman–Crippen LogP) is 11.0. The Morgan fingerprint density at radius 3 is 1.48 bits per heavy atom. The van der Waals surface area contributed by atoms with Crippen LogP contribution in [0.2, 0.25) is 0 Å². The lowest BCUT2D eigenvalue weighted by molar-refractivity contribution is -0.124. The van der Waals surface area contributed by atoms with Gasteiger partial charge in [0.15, 0.2) is 0 Å². The predicted molar refractivity (Wildman–Crippen MR) is 218 cm³/mol. The molecule has 0 aromatic carbocycles. The molecule has 52 heavy (non-hydrogen) atoms. The number of nitrogens with one attached hydrogen (secondary N) is 1. The van der Waals surface area contributed by atoms with Crippen LogP contribution in [0.5, 0.6) is 0 Å². The van der Waals surface area contributed by atoms with Crippen molar-refractivity contribution in [2.75, 3.05) is 19.8 Å². The van der Waals surface area contributed by atoms with E-state index in [-0.39, 0.29) is 19.6 Å². The smallest absolute Gasteiger partial charge is 0.393 e. The van der Waals surface area contributed by atoms with Crippen LogP contribution in [0, 0.1) is 0 Å². The largest absolute Gasteiger partial charge is 0.472 e. The van der Waals surface area contributed by atoms with Crippen molar-refractivity contribution in [3.05, 3.63) is 12.2 Å². The Morgan fingerprint density at radius 2 is 1.06 bits per heavy atom. The van der Waals surface area contributed by atoms with Crippen LogP contribution in [-0.2, 0) is 18.4 Å². The van der Waals surface area contributed by atoms with Crippen molar-refractivity contribution in [3.63, 3.8) is 0 Å². The van der Waals surface area contributed by atoms with Gasteiger partial charge in [0, 0.05) is 6.54 Å². The Kier molecular flexibility index (Phi) is 37.9. The minimum atomic E-state index is -4.39. The van der Waals surface area contributed by atoms with Crippen molar-refractivity contribution in [1.29, 1.82) is 0 Å². The van der Waals surface area contributed by atoms with Gasteiger partial charge in [-0.15, -0.1) is 0 Å². The number of phosphoric acid groups is 1. The molecule has 0 aliphatic rings. The highest BCUT2D eigenvalue weighted by Gasteiger charge is 2.27. The Labute approximate surface area is 320 Å². The molecule has 0 aromatic heterocycles. The van der Waals surface area contributed by atoms with Crippen LogP contribution in [0.3, 0.4) is 0 Å². The van der Waals surface area contributed by atoms with Crippen molar-refractivity contribution in [1.82, 2.24) is 5.32 Å². The molecule has 0 fully saturated rings. The fourth-order valence-corrected chi connectivity index (χ4v) is 7.35. The molecule has 0 rings (SSSR count). The minimum absolute atomic E-state index is 0.0513. The second kappa shape index (κ2) is 38.5. The molecule has 0 aromatic rings. The third-order valence-electron chi connectivity index (χ3n) is 9.92. The molecule has 0 radical (unpaired) electrons. The Balaban J connectivity index is 4.20. The van der Waals surface area contributed by atoms with E-state index in [1.165, 1.54) is 148 Å². The maximum Gasteiger partial charge on any atom is 0.472 e. The monoisotopic (exact) mass is 761 g/mol. The highest BCUT2D eigenvalue weighted by atomic mass is 31.2. The summed E-state index contributed by atoms with van der Waals surface area (Å²) in [5.74, 6) is -0.444. The molecule has 6 N–H and O–H groups in total. The summed E-state index contributed by atoms with van der Waals surface area (Å²) in [6, 6.07) is -0.976. The van der Waals surface area contributed by atoms with Crippen LogP contribution < -0.4 is 11.1 Å². The van der Waals surface area contributed by atoms with Gasteiger partial charge in [0.1, 0.15) is 0 Å². The number of amides is 1. The van der Waals surface area contributed by atoms with E-state index in [1.807, 2.05) is 6.08 Å². The first-order valence-electron chi connectivity index (χ1n) is 21.9. The summed E-state index contributed by atoms with van der Waals surface area (Å²) < 4.78 is 22.0. The lowest BCUT2D eigenvalue weighted by Crippen LogP contribution is -2.46. The van der Waals surface area contributed by atoms with Gasteiger partial charge >= 0.3 is 7.82 Å². The molecular weight excluding hydrogens is 675 g/mol. The molecule has 4 unspecified atom stereocenters. The second-order valence-corrected chi connectivity index (χ2v) is 16.6. The van der Waals surface area contributed by atoms with Gasteiger partial charge in [0.05, 0.1) is 37.9 Å². The van der Waals surface area contributed by atoms with Gasteiger partial charge in [0.25, 0.3) is 0 Å². The van der Waals surface area contributed by atoms with E-state index in [0.717, 1.165) is 38.5 Å². The van der Waals surface area contributed by atoms with Gasteiger partial charge in [-0.1, -0.05) is 199 Å². The number of carbonyl (C=O) groups is 1. The van der Waals surface area contributed by atoms with Crippen molar-refractivity contribution < 1.29 is 33.5 Å². The summed E-state index contributed by atoms with van der Waals surface area (Å²) in [7, 11) is -4.39. The molecule has 0 saturated heterocycles. The molecular formula is C42H85N2O7P. The molecule has 0 bridgehead atoms. The van der Waals surface area contributed by atoms with E-state index in [1.54, 1.807) is 6.08 Å². The van der Waals surface area contributed by atoms with Crippen molar-refractivity contribution >= 4 is 13.7 Å². The number of hydrogen-bond acceptors (Lipinski definition) is 7. The number of unbranched alkanes of at least 4 members (excludes halogenated alkanes) is 27. The molecule has 0 saturated carbocycles. The van der Waals surface area contributed by atoms with E-state index in [2.05, 4.69) is 19.2 Å². The molecule has 0 spiro atoms. The highest BCUT2D eigenvalue weighted by Crippen LogP contribution is 2.43. The van der Waals surface area contributed by atoms with E-state index in [4.69, 9.17) is 14.8 Å². The third kappa shape index (κ3) is 36.2. The normalized spacial score (nSPS) is 14.8. The summed E-state index contributed by atoms with van der Waals surface area (Å²) >= 11 is 0. The van der Waals surface area contributed by atoms with Crippen molar-refractivity contribution in [3.8, 4) is 0 Å². The topological polar surface area (TPSA) is 151 Å². The molecule has 0 aliphatic carbocycles. The molecule has 1 amide bonds. The van der Waals surface area contributed by atoms with Gasteiger partial charge in [0.2, 0.25) is 5.91 Å². The summed E-state index contributed by atoms with van der Waals surface area (Å²) in [5.41, 5.74) is 5.35. The lowest BCUT2D eigenvalue weighted by atomic mass is 10.0. The summed E-state index contributed by atoms with van der Waals surface area (Å²) in [6.07, 6.45) is 38.7. The van der Waals surface area contributed by atoms with Crippen molar-refractivity contribution in [2.45, 2.75) is 231 Å². The third-order valence-corrected chi connectivity index (χ3v) is 10.9. The molecule has 9 nitrogen and oxygen atoms in total. The minimum Gasteiger partial charge on any atom is -0.393 e. The van der Waals surface area contributed by atoms with Gasteiger partial charge < -0.3 is 26.2 Å². The summed E-state index contributed by atoms with van der Waals surface area (Å²) in [5, 5.41) is 24.0. The number of phosphoric ester groups is 1. The molecule has 4 atom stereocenters. The zero-order valence-corrected chi connectivity index (χ0v) is 34.8.